The monoisotopic (exact) mass is 246 g/mol. The van der Waals surface area contributed by atoms with Crippen LogP contribution in [0.3, 0.4) is 0 Å². The molecule has 0 aliphatic heterocycles. The van der Waals surface area contributed by atoms with Crippen LogP contribution < -0.4 is 11.3 Å². The van der Waals surface area contributed by atoms with Crippen molar-refractivity contribution >= 4 is 0 Å². The van der Waals surface area contributed by atoms with E-state index >= 15 is 0 Å². The summed E-state index contributed by atoms with van der Waals surface area (Å²) in [5, 5.41) is 0. The first-order valence-corrected chi connectivity index (χ1v) is 7.30. The summed E-state index contributed by atoms with van der Waals surface area (Å²) in [4.78, 5) is 0. The van der Waals surface area contributed by atoms with E-state index in [9.17, 15) is 0 Å². The van der Waals surface area contributed by atoms with Crippen molar-refractivity contribution in [1.82, 2.24) is 5.43 Å². The van der Waals surface area contributed by atoms with Gasteiger partial charge in [-0.15, -0.1) is 0 Å². The maximum Gasteiger partial charge on any atom is 0.0462 e. The quantitative estimate of drug-likeness (QED) is 0.590. The number of nitrogens with one attached hydrogen (secondary N) is 1. The zero-order valence-corrected chi connectivity index (χ0v) is 11.7. The normalized spacial score (nSPS) is 19.3. The molecule has 1 aromatic carbocycles. The fourth-order valence-corrected chi connectivity index (χ4v) is 2.61. The van der Waals surface area contributed by atoms with Crippen molar-refractivity contribution in [3.05, 3.63) is 35.4 Å². The molecule has 1 aliphatic rings. The molecule has 2 heteroatoms. The van der Waals surface area contributed by atoms with Gasteiger partial charge in [-0.2, -0.15) is 0 Å². The molecule has 1 fully saturated rings. The Morgan fingerprint density at radius 3 is 2.39 bits per heavy atom. The van der Waals surface area contributed by atoms with Crippen LogP contribution in [0.15, 0.2) is 24.3 Å². The van der Waals surface area contributed by atoms with Crippen LogP contribution in [-0.2, 0) is 0 Å². The van der Waals surface area contributed by atoms with Crippen LogP contribution in [-0.4, -0.2) is 0 Å². The minimum absolute atomic E-state index is 0.287. The van der Waals surface area contributed by atoms with Gasteiger partial charge in [0.2, 0.25) is 0 Å². The van der Waals surface area contributed by atoms with Crippen LogP contribution in [0.4, 0.5) is 0 Å². The molecule has 2 rings (SSSR count). The molecule has 0 bridgehead atoms. The van der Waals surface area contributed by atoms with Gasteiger partial charge in [0.25, 0.3) is 0 Å². The van der Waals surface area contributed by atoms with E-state index in [4.69, 9.17) is 5.84 Å². The zero-order chi connectivity index (χ0) is 13.0. The van der Waals surface area contributed by atoms with Crippen molar-refractivity contribution in [3.8, 4) is 0 Å². The largest absolute Gasteiger partial charge is 0.271 e. The molecule has 1 aromatic rings. The molecule has 2 nitrogen and oxygen atoms in total. The van der Waals surface area contributed by atoms with Crippen molar-refractivity contribution in [2.75, 3.05) is 0 Å². The molecule has 2 unspecified atom stereocenters. The molecule has 0 radical (unpaired) electrons. The van der Waals surface area contributed by atoms with Crippen molar-refractivity contribution in [2.45, 2.75) is 57.9 Å². The average molecular weight is 246 g/mol. The number of hydrazine groups is 1. The molecule has 2 atom stereocenters. The summed E-state index contributed by atoms with van der Waals surface area (Å²) in [7, 11) is 0. The lowest BCUT2D eigenvalue weighted by molar-refractivity contribution is 0.406. The minimum atomic E-state index is 0.287. The van der Waals surface area contributed by atoms with Crippen LogP contribution in [0.25, 0.3) is 0 Å². The van der Waals surface area contributed by atoms with E-state index in [1.54, 1.807) is 0 Å². The number of rotatable bonds is 6. The molecule has 1 aliphatic carbocycles. The van der Waals surface area contributed by atoms with Gasteiger partial charge < -0.3 is 0 Å². The molecule has 100 valence electrons. The van der Waals surface area contributed by atoms with Gasteiger partial charge in [0.15, 0.2) is 0 Å². The molecule has 3 N–H and O–H groups in total. The van der Waals surface area contributed by atoms with E-state index in [1.165, 1.54) is 36.8 Å². The van der Waals surface area contributed by atoms with Crippen LogP contribution in [0.5, 0.6) is 0 Å². The Bertz CT molecular complexity index is 354. The second-order valence-electron chi connectivity index (χ2n) is 5.76. The lowest BCUT2D eigenvalue weighted by Crippen LogP contribution is -2.29. The third-order valence-electron chi connectivity index (χ3n) is 4.45. The SMILES string of the molecule is CCC(C)CC(NN)c1ccc(C2CCC2)cc1. The van der Waals surface area contributed by atoms with Crippen LogP contribution in [0, 0.1) is 5.92 Å². The third-order valence-corrected chi connectivity index (χ3v) is 4.45. The highest BCUT2D eigenvalue weighted by Gasteiger charge is 2.20. The van der Waals surface area contributed by atoms with Gasteiger partial charge >= 0.3 is 0 Å². The van der Waals surface area contributed by atoms with Crippen LogP contribution in [0.2, 0.25) is 0 Å². The zero-order valence-electron chi connectivity index (χ0n) is 11.7. The van der Waals surface area contributed by atoms with E-state index < -0.39 is 0 Å². The lowest BCUT2D eigenvalue weighted by atomic mass is 9.79. The van der Waals surface area contributed by atoms with E-state index in [0.717, 1.165) is 12.3 Å². The highest BCUT2D eigenvalue weighted by atomic mass is 15.2. The van der Waals surface area contributed by atoms with Crippen molar-refractivity contribution in [2.24, 2.45) is 11.8 Å². The summed E-state index contributed by atoms with van der Waals surface area (Å²) >= 11 is 0. The molecule has 0 heterocycles. The summed E-state index contributed by atoms with van der Waals surface area (Å²) in [6.45, 7) is 4.52. The van der Waals surface area contributed by atoms with Gasteiger partial charge in [0, 0.05) is 6.04 Å². The molecule has 0 amide bonds. The second-order valence-corrected chi connectivity index (χ2v) is 5.76. The summed E-state index contributed by atoms with van der Waals surface area (Å²) in [6.07, 6.45) is 6.44. The van der Waals surface area contributed by atoms with Crippen molar-refractivity contribution in [1.29, 1.82) is 0 Å². The molecule has 0 aromatic heterocycles. The van der Waals surface area contributed by atoms with Crippen LogP contribution in [0.1, 0.15) is 69.0 Å². The van der Waals surface area contributed by atoms with Gasteiger partial charge in [-0.25, -0.2) is 0 Å². The predicted octanol–water partition coefficient (Wildman–Crippen LogP) is 3.89. The first kappa shape index (κ1) is 13.6. The standard InChI is InChI=1S/C16H26N2/c1-3-12(2)11-16(18-17)15-9-7-14(8-10-15)13-5-4-6-13/h7-10,12-13,16,18H,3-6,11,17H2,1-2H3. The lowest BCUT2D eigenvalue weighted by Gasteiger charge is -2.26. The maximum absolute atomic E-state index is 5.69. The number of hydrogen-bond donors (Lipinski definition) is 2. The topological polar surface area (TPSA) is 38.0 Å². The van der Waals surface area contributed by atoms with E-state index in [2.05, 4.69) is 43.5 Å². The third kappa shape index (κ3) is 3.12. The highest BCUT2D eigenvalue weighted by Crippen LogP contribution is 2.36. The summed E-state index contributed by atoms with van der Waals surface area (Å²) in [6, 6.07) is 9.37. The first-order chi connectivity index (χ1) is 8.74. The summed E-state index contributed by atoms with van der Waals surface area (Å²) in [5.74, 6) is 7.22. The van der Waals surface area contributed by atoms with Crippen molar-refractivity contribution < 1.29 is 0 Å². The average Bonchev–Trinajstić information content (AvgIpc) is 2.34. The van der Waals surface area contributed by atoms with Gasteiger partial charge in [-0.3, -0.25) is 11.3 Å². The fourth-order valence-electron chi connectivity index (χ4n) is 2.61. The van der Waals surface area contributed by atoms with Crippen LogP contribution >= 0.6 is 0 Å². The Balaban J connectivity index is 2.01. The number of benzene rings is 1. The van der Waals surface area contributed by atoms with E-state index in [1.807, 2.05) is 0 Å². The van der Waals surface area contributed by atoms with Gasteiger partial charge in [0.1, 0.15) is 0 Å². The second kappa shape index (κ2) is 6.35. The number of nitrogens with two attached hydrogens (primary N) is 1. The van der Waals surface area contributed by atoms with Gasteiger partial charge in [0.05, 0.1) is 0 Å². The smallest absolute Gasteiger partial charge is 0.0462 e. The van der Waals surface area contributed by atoms with Gasteiger partial charge in [-0.1, -0.05) is 51.0 Å². The Kier molecular flexibility index (Phi) is 4.79. The van der Waals surface area contributed by atoms with Gasteiger partial charge in [-0.05, 0) is 42.2 Å². The molecule has 1 saturated carbocycles. The molecule has 0 saturated heterocycles. The van der Waals surface area contributed by atoms with Crippen molar-refractivity contribution in [3.63, 3.8) is 0 Å². The Morgan fingerprint density at radius 1 is 1.28 bits per heavy atom. The summed E-state index contributed by atoms with van der Waals surface area (Å²) in [5.41, 5.74) is 5.78. The highest BCUT2D eigenvalue weighted by molar-refractivity contribution is 5.28. The molecule has 0 spiro atoms. The maximum atomic E-state index is 5.69. The van der Waals surface area contributed by atoms with E-state index in [0.29, 0.717) is 5.92 Å². The van der Waals surface area contributed by atoms with E-state index in [-0.39, 0.29) is 6.04 Å². The number of hydrogen-bond acceptors (Lipinski definition) is 2. The summed E-state index contributed by atoms with van der Waals surface area (Å²) < 4.78 is 0. The minimum Gasteiger partial charge on any atom is -0.271 e. The molecular weight excluding hydrogens is 220 g/mol. The predicted molar refractivity (Wildman–Crippen MR) is 77.2 cm³/mol. The fraction of sp³-hybridized carbons (Fsp3) is 0.625. The Labute approximate surface area is 111 Å². The Hall–Kier alpha value is -0.860. The Morgan fingerprint density at radius 2 is 1.94 bits per heavy atom. The molecular formula is C16H26N2. The molecule has 18 heavy (non-hydrogen) atoms. The first-order valence-electron chi connectivity index (χ1n) is 7.30.